The summed E-state index contributed by atoms with van der Waals surface area (Å²) in [5, 5.41) is 1.06. The zero-order valence-electron chi connectivity index (χ0n) is 14.9. The molecule has 0 amide bonds. The van der Waals surface area contributed by atoms with Gasteiger partial charge in [0.1, 0.15) is 0 Å². The molecular formula is C19H37BrO2. The lowest BCUT2D eigenvalue weighted by molar-refractivity contribution is -0.148. The normalized spacial score (nSPS) is 12.3. The highest BCUT2D eigenvalue weighted by Crippen LogP contribution is 2.13. The summed E-state index contributed by atoms with van der Waals surface area (Å²) < 4.78 is 5.47. The number of hydrogen-bond acceptors (Lipinski definition) is 2. The summed E-state index contributed by atoms with van der Waals surface area (Å²) in [6.07, 6.45) is 16.8. The van der Waals surface area contributed by atoms with Crippen LogP contribution in [0.15, 0.2) is 0 Å². The molecule has 0 N–H and O–H groups in total. The van der Waals surface area contributed by atoms with E-state index < -0.39 is 0 Å². The third kappa shape index (κ3) is 16.3. The molecule has 0 aromatic carbocycles. The van der Waals surface area contributed by atoms with Crippen LogP contribution in [0.25, 0.3) is 0 Å². The van der Waals surface area contributed by atoms with Crippen molar-refractivity contribution in [2.45, 2.75) is 110 Å². The molecular weight excluding hydrogens is 340 g/mol. The van der Waals surface area contributed by atoms with Crippen molar-refractivity contribution >= 4 is 21.9 Å². The standard InChI is InChI=1S/C19H37BrO2/c1-3-4-5-6-7-8-9-12-15-18(2)22-19(21)16-13-10-11-14-17-20/h18H,3-17H2,1-2H3. The number of carbonyl (C=O) groups is 1. The second-order valence-electron chi connectivity index (χ2n) is 6.42. The maximum absolute atomic E-state index is 11.7. The van der Waals surface area contributed by atoms with Crippen LogP contribution in [-0.4, -0.2) is 17.4 Å². The van der Waals surface area contributed by atoms with Gasteiger partial charge < -0.3 is 4.74 Å². The van der Waals surface area contributed by atoms with Crippen LogP contribution in [0, 0.1) is 0 Å². The van der Waals surface area contributed by atoms with Crippen molar-refractivity contribution in [1.82, 2.24) is 0 Å². The SMILES string of the molecule is CCCCCCCCCCC(C)OC(=O)CCCCCCBr. The van der Waals surface area contributed by atoms with Crippen molar-refractivity contribution in [2.24, 2.45) is 0 Å². The first-order chi connectivity index (χ1) is 10.7. The van der Waals surface area contributed by atoms with Crippen molar-refractivity contribution in [3.63, 3.8) is 0 Å². The van der Waals surface area contributed by atoms with E-state index in [0.717, 1.165) is 24.6 Å². The van der Waals surface area contributed by atoms with Crippen molar-refractivity contribution in [3.05, 3.63) is 0 Å². The Morgan fingerprint density at radius 2 is 1.41 bits per heavy atom. The molecule has 0 aliphatic rings. The van der Waals surface area contributed by atoms with Gasteiger partial charge in [0, 0.05) is 11.8 Å². The zero-order chi connectivity index (χ0) is 16.5. The van der Waals surface area contributed by atoms with E-state index in [1.165, 1.54) is 64.2 Å². The van der Waals surface area contributed by atoms with Crippen LogP contribution >= 0.6 is 15.9 Å². The van der Waals surface area contributed by atoms with Crippen LogP contribution in [0.1, 0.15) is 104 Å². The fourth-order valence-electron chi connectivity index (χ4n) is 2.63. The molecule has 0 aliphatic carbocycles. The van der Waals surface area contributed by atoms with Crippen LogP contribution < -0.4 is 0 Å². The molecule has 0 heterocycles. The van der Waals surface area contributed by atoms with Crippen molar-refractivity contribution in [1.29, 1.82) is 0 Å². The van der Waals surface area contributed by atoms with Gasteiger partial charge in [0.15, 0.2) is 0 Å². The van der Waals surface area contributed by atoms with Gasteiger partial charge in [-0.2, -0.15) is 0 Å². The summed E-state index contributed by atoms with van der Waals surface area (Å²) in [7, 11) is 0. The molecule has 0 saturated carbocycles. The van der Waals surface area contributed by atoms with Crippen LogP contribution in [0.3, 0.4) is 0 Å². The van der Waals surface area contributed by atoms with Gasteiger partial charge in [0.2, 0.25) is 0 Å². The summed E-state index contributed by atoms with van der Waals surface area (Å²) in [5.41, 5.74) is 0. The Balaban J connectivity index is 3.33. The van der Waals surface area contributed by atoms with Gasteiger partial charge in [-0.15, -0.1) is 0 Å². The monoisotopic (exact) mass is 376 g/mol. The van der Waals surface area contributed by atoms with E-state index in [2.05, 4.69) is 22.9 Å². The number of alkyl halides is 1. The molecule has 0 bridgehead atoms. The van der Waals surface area contributed by atoms with Crippen LogP contribution in [0.5, 0.6) is 0 Å². The summed E-state index contributed by atoms with van der Waals surface area (Å²) in [6.45, 7) is 4.29. The third-order valence-electron chi connectivity index (χ3n) is 4.06. The Labute approximate surface area is 146 Å². The van der Waals surface area contributed by atoms with Gasteiger partial charge >= 0.3 is 5.97 Å². The summed E-state index contributed by atoms with van der Waals surface area (Å²) in [4.78, 5) is 11.7. The second kappa shape index (κ2) is 17.3. The highest BCUT2D eigenvalue weighted by Gasteiger charge is 2.08. The summed E-state index contributed by atoms with van der Waals surface area (Å²) in [6, 6.07) is 0. The van der Waals surface area contributed by atoms with E-state index in [1.54, 1.807) is 0 Å². The van der Waals surface area contributed by atoms with E-state index in [0.29, 0.717) is 6.42 Å². The Morgan fingerprint density at radius 1 is 0.864 bits per heavy atom. The van der Waals surface area contributed by atoms with E-state index in [1.807, 2.05) is 6.92 Å². The minimum Gasteiger partial charge on any atom is -0.463 e. The van der Waals surface area contributed by atoms with E-state index in [9.17, 15) is 4.79 Å². The molecule has 132 valence electrons. The second-order valence-corrected chi connectivity index (χ2v) is 7.21. The van der Waals surface area contributed by atoms with Gasteiger partial charge in [0.25, 0.3) is 0 Å². The topological polar surface area (TPSA) is 26.3 Å². The maximum atomic E-state index is 11.7. The van der Waals surface area contributed by atoms with Gasteiger partial charge in [0.05, 0.1) is 6.10 Å². The molecule has 1 atom stereocenters. The zero-order valence-corrected chi connectivity index (χ0v) is 16.5. The van der Waals surface area contributed by atoms with E-state index >= 15 is 0 Å². The first-order valence-corrected chi connectivity index (χ1v) is 10.6. The quantitative estimate of drug-likeness (QED) is 0.168. The minimum atomic E-state index is -0.00842. The minimum absolute atomic E-state index is 0.00842. The summed E-state index contributed by atoms with van der Waals surface area (Å²) >= 11 is 3.42. The smallest absolute Gasteiger partial charge is 0.306 e. The number of rotatable bonds is 16. The number of ether oxygens (including phenoxy) is 1. The Kier molecular flexibility index (Phi) is 17.3. The third-order valence-corrected chi connectivity index (χ3v) is 4.62. The molecule has 0 radical (unpaired) electrons. The predicted molar refractivity (Wildman–Crippen MR) is 99.7 cm³/mol. The largest absolute Gasteiger partial charge is 0.463 e. The van der Waals surface area contributed by atoms with Crippen LogP contribution in [0.2, 0.25) is 0 Å². The van der Waals surface area contributed by atoms with E-state index in [4.69, 9.17) is 4.74 Å². The molecule has 0 rings (SSSR count). The Bertz CT molecular complexity index is 244. The maximum Gasteiger partial charge on any atom is 0.306 e. The molecule has 0 aromatic rings. The lowest BCUT2D eigenvalue weighted by Crippen LogP contribution is -2.14. The van der Waals surface area contributed by atoms with Crippen molar-refractivity contribution in [3.8, 4) is 0 Å². The van der Waals surface area contributed by atoms with E-state index in [-0.39, 0.29) is 12.1 Å². The fourth-order valence-corrected chi connectivity index (χ4v) is 3.02. The molecule has 0 spiro atoms. The molecule has 3 heteroatoms. The van der Waals surface area contributed by atoms with Gasteiger partial charge in [-0.25, -0.2) is 0 Å². The fraction of sp³-hybridized carbons (Fsp3) is 0.947. The number of esters is 1. The molecule has 0 fully saturated rings. The number of halogens is 1. The molecule has 1 unspecified atom stereocenters. The van der Waals surface area contributed by atoms with Gasteiger partial charge in [-0.3, -0.25) is 4.79 Å². The molecule has 22 heavy (non-hydrogen) atoms. The lowest BCUT2D eigenvalue weighted by Gasteiger charge is -2.13. The lowest BCUT2D eigenvalue weighted by atomic mass is 10.1. The number of hydrogen-bond donors (Lipinski definition) is 0. The average molecular weight is 377 g/mol. The number of carbonyl (C=O) groups excluding carboxylic acids is 1. The molecule has 0 aromatic heterocycles. The highest BCUT2D eigenvalue weighted by atomic mass is 79.9. The van der Waals surface area contributed by atoms with Gasteiger partial charge in [-0.05, 0) is 32.6 Å². The average Bonchev–Trinajstić information content (AvgIpc) is 2.49. The van der Waals surface area contributed by atoms with Crippen molar-refractivity contribution in [2.75, 3.05) is 5.33 Å². The molecule has 0 aliphatic heterocycles. The summed E-state index contributed by atoms with van der Waals surface area (Å²) in [5.74, 6) is -0.00842. The number of unbranched alkanes of at least 4 members (excludes halogenated alkanes) is 10. The van der Waals surface area contributed by atoms with Gasteiger partial charge in [-0.1, -0.05) is 80.6 Å². The first-order valence-electron chi connectivity index (χ1n) is 9.46. The van der Waals surface area contributed by atoms with Crippen LogP contribution in [0.4, 0.5) is 0 Å². The Hall–Kier alpha value is -0.0500. The first kappa shape index (κ1) is 21.9. The predicted octanol–water partition coefficient (Wildman–Crippen LogP) is 6.79. The molecule has 0 saturated heterocycles. The Morgan fingerprint density at radius 3 is 2.05 bits per heavy atom. The van der Waals surface area contributed by atoms with Crippen LogP contribution in [-0.2, 0) is 9.53 Å². The van der Waals surface area contributed by atoms with Crippen molar-refractivity contribution < 1.29 is 9.53 Å². The highest BCUT2D eigenvalue weighted by molar-refractivity contribution is 9.09. The molecule has 2 nitrogen and oxygen atoms in total.